The van der Waals surface area contributed by atoms with Crippen molar-refractivity contribution < 1.29 is 9.69 Å². The van der Waals surface area contributed by atoms with Crippen molar-refractivity contribution in [3.8, 4) is 0 Å². The number of carbonyl (C=O) groups is 1. The van der Waals surface area contributed by atoms with Gasteiger partial charge in [-0.2, -0.15) is 0 Å². The molecule has 0 spiro atoms. The lowest BCUT2D eigenvalue weighted by molar-refractivity contribution is -0.912. The molecule has 4 rings (SSSR count). The highest BCUT2D eigenvalue weighted by Gasteiger charge is 2.24. The lowest BCUT2D eigenvalue weighted by Gasteiger charge is -2.32. The van der Waals surface area contributed by atoms with Gasteiger partial charge < -0.3 is 10.2 Å². The van der Waals surface area contributed by atoms with Crippen LogP contribution in [0.4, 0.5) is 0 Å². The van der Waals surface area contributed by atoms with Crippen LogP contribution in [0.1, 0.15) is 42.1 Å². The van der Waals surface area contributed by atoms with Crippen molar-refractivity contribution in [3.63, 3.8) is 0 Å². The molecule has 2 unspecified atom stereocenters. The number of benzene rings is 1. The number of quaternary nitrogens is 1. The molecular weight excluding hydrogens is 426 g/mol. The van der Waals surface area contributed by atoms with Crippen LogP contribution in [0, 0.1) is 18.8 Å². The average molecular weight is 457 g/mol. The van der Waals surface area contributed by atoms with Crippen molar-refractivity contribution in [1.29, 1.82) is 0 Å². The highest BCUT2D eigenvalue weighted by atomic mass is 32.2. The van der Waals surface area contributed by atoms with Gasteiger partial charge in [-0.25, -0.2) is 4.98 Å². The first-order valence-electron chi connectivity index (χ1n) is 11.0. The molecule has 3 aromatic rings. The van der Waals surface area contributed by atoms with E-state index in [9.17, 15) is 4.79 Å². The molecule has 1 aliphatic rings. The molecule has 1 fully saturated rings. The first kappa shape index (κ1) is 22.2. The van der Waals surface area contributed by atoms with E-state index in [-0.39, 0.29) is 5.91 Å². The summed E-state index contributed by atoms with van der Waals surface area (Å²) in [5.41, 5.74) is 1.49. The van der Waals surface area contributed by atoms with Gasteiger partial charge in [0.05, 0.1) is 30.7 Å². The van der Waals surface area contributed by atoms with Crippen molar-refractivity contribution in [3.05, 3.63) is 40.9 Å². The minimum Gasteiger partial charge on any atom is -0.352 e. The third-order valence-electron chi connectivity index (χ3n) is 5.71. The summed E-state index contributed by atoms with van der Waals surface area (Å²) in [5.74, 6) is 1.55. The molecule has 3 heterocycles. The first-order chi connectivity index (χ1) is 15.0. The molecule has 2 atom stereocenters. The maximum Gasteiger partial charge on any atom is 0.252 e. The number of para-hydroxylation sites is 1. The van der Waals surface area contributed by atoms with Crippen LogP contribution in [0.2, 0.25) is 0 Å². The zero-order valence-corrected chi connectivity index (χ0v) is 20.0. The predicted octanol–water partition coefficient (Wildman–Crippen LogP) is 3.23. The number of piperidine rings is 1. The smallest absolute Gasteiger partial charge is 0.252 e. The summed E-state index contributed by atoms with van der Waals surface area (Å²) in [6, 6.07) is 9.68. The van der Waals surface area contributed by atoms with Crippen LogP contribution >= 0.6 is 23.1 Å². The molecule has 31 heavy (non-hydrogen) atoms. The number of aromatic nitrogens is 3. The fourth-order valence-corrected chi connectivity index (χ4v) is 6.34. The molecule has 2 N–H and O–H groups in total. The Hall–Kier alpha value is -2.03. The Balaban J connectivity index is 1.41. The van der Waals surface area contributed by atoms with E-state index in [0.717, 1.165) is 50.1 Å². The number of carbonyl (C=O) groups excluding carboxylic acids is 1. The molecule has 0 bridgehead atoms. The predicted molar refractivity (Wildman–Crippen MR) is 126 cm³/mol. The highest BCUT2D eigenvalue weighted by molar-refractivity contribution is 8.01. The van der Waals surface area contributed by atoms with Crippen molar-refractivity contribution in [1.82, 2.24) is 20.5 Å². The molecule has 0 aliphatic carbocycles. The van der Waals surface area contributed by atoms with E-state index >= 15 is 0 Å². The lowest BCUT2D eigenvalue weighted by Crippen LogP contribution is -3.14. The Morgan fingerprint density at radius 2 is 2.00 bits per heavy atom. The van der Waals surface area contributed by atoms with Gasteiger partial charge in [-0.05, 0) is 37.2 Å². The van der Waals surface area contributed by atoms with E-state index in [2.05, 4.69) is 29.4 Å². The maximum absolute atomic E-state index is 13.0. The van der Waals surface area contributed by atoms with E-state index in [4.69, 9.17) is 4.98 Å². The summed E-state index contributed by atoms with van der Waals surface area (Å²) >= 11 is 2.98. The molecule has 1 amide bonds. The monoisotopic (exact) mass is 456 g/mol. The second kappa shape index (κ2) is 10.1. The fourth-order valence-electron chi connectivity index (χ4n) is 4.56. The Morgan fingerprint density at radius 1 is 1.23 bits per heavy atom. The summed E-state index contributed by atoms with van der Waals surface area (Å²) in [6.07, 6.45) is 2.33. The fraction of sp³-hybridized carbons (Fsp3) is 0.478. The average Bonchev–Trinajstić information content (AvgIpc) is 3.14. The largest absolute Gasteiger partial charge is 0.352 e. The number of hydrogen-bond donors (Lipinski definition) is 2. The van der Waals surface area contributed by atoms with Crippen LogP contribution in [0.15, 0.2) is 39.7 Å². The standard InChI is InChI=1S/C23H29N5OS2/c1-15-11-16(2)14-28(13-15)10-6-9-24-22(29)19-12-21(31-23-27-26-17(3)30-23)25-20-8-5-4-7-18(19)20/h4-5,7-8,12,15-16H,6,9-11,13-14H2,1-3H3,(H,24,29)/p+1. The van der Waals surface area contributed by atoms with Crippen molar-refractivity contribution in [2.75, 3.05) is 26.2 Å². The number of rotatable bonds is 7. The molecule has 1 aromatic carbocycles. The van der Waals surface area contributed by atoms with Crippen molar-refractivity contribution in [2.45, 2.75) is 43.0 Å². The van der Waals surface area contributed by atoms with Gasteiger partial charge in [0.25, 0.3) is 5.91 Å². The first-order valence-corrected chi connectivity index (χ1v) is 12.6. The number of nitrogens with one attached hydrogen (secondary N) is 2. The number of hydrogen-bond acceptors (Lipinski definition) is 6. The van der Waals surface area contributed by atoms with Gasteiger partial charge in [0, 0.05) is 30.2 Å². The van der Waals surface area contributed by atoms with Gasteiger partial charge in [0.2, 0.25) is 0 Å². The molecule has 1 aliphatic heterocycles. The molecule has 6 nitrogen and oxygen atoms in total. The Kier molecular flexibility index (Phi) is 7.20. The van der Waals surface area contributed by atoms with Crippen molar-refractivity contribution in [2.24, 2.45) is 11.8 Å². The van der Waals surface area contributed by atoms with E-state index in [0.29, 0.717) is 12.1 Å². The third-order valence-corrected chi connectivity index (χ3v) is 7.52. The molecular formula is C23H30N5OS2+. The second-order valence-corrected chi connectivity index (χ2v) is 11.1. The van der Waals surface area contributed by atoms with E-state index < -0.39 is 0 Å². The van der Waals surface area contributed by atoms with Crippen molar-refractivity contribution >= 4 is 39.9 Å². The number of fused-ring (bicyclic) bond motifs is 1. The normalized spacial score (nSPS) is 21.3. The minimum absolute atomic E-state index is 0.0377. The summed E-state index contributed by atoms with van der Waals surface area (Å²) in [5, 5.41) is 13.9. The highest BCUT2D eigenvalue weighted by Crippen LogP contribution is 2.31. The summed E-state index contributed by atoms with van der Waals surface area (Å²) in [6.45, 7) is 10.9. The number of amides is 1. The quantitative estimate of drug-likeness (QED) is 0.534. The van der Waals surface area contributed by atoms with Gasteiger partial charge in [-0.1, -0.05) is 43.4 Å². The van der Waals surface area contributed by atoms with Crippen LogP contribution in [-0.2, 0) is 0 Å². The van der Waals surface area contributed by atoms with Gasteiger partial charge in [-0.3, -0.25) is 4.79 Å². The van der Waals surface area contributed by atoms with E-state index in [1.54, 1.807) is 4.90 Å². The lowest BCUT2D eigenvalue weighted by atomic mass is 9.92. The number of nitrogens with zero attached hydrogens (tertiary/aromatic N) is 3. The molecule has 2 aromatic heterocycles. The Bertz CT molecular complexity index is 1040. The molecule has 1 saturated heterocycles. The maximum atomic E-state index is 13.0. The summed E-state index contributed by atoms with van der Waals surface area (Å²) in [7, 11) is 0. The third kappa shape index (κ3) is 5.81. The van der Waals surface area contributed by atoms with Crippen LogP contribution in [-0.4, -0.2) is 47.3 Å². The van der Waals surface area contributed by atoms with Gasteiger partial charge >= 0.3 is 0 Å². The molecule has 0 saturated carbocycles. The Morgan fingerprint density at radius 3 is 2.74 bits per heavy atom. The number of pyridine rings is 1. The van der Waals surface area contributed by atoms with E-state index in [1.807, 2.05) is 37.3 Å². The van der Waals surface area contributed by atoms with Gasteiger partial charge in [-0.15, -0.1) is 10.2 Å². The summed E-state index contributed by atoms with van der Waals surface area (Å²) in [4.78, 5) is 19.4. The SMILES string of the molecule is Cc1nnc(Sc2cc(C(=O)NCCC[NH+]3CC(C)CC(C)C3)c3ccccc3n2)s1. The van der Waals surface area contributed by atoms with Crippen LogP contribution in [0.3, 0.4) is 0 Å². The van der Waals surface area contributed by atoms with Gasteiger partial charge in [0.15, 0.2) is 4.34 Å². The van der Waals surface area contributed by atoms with Crippen LogP contribution < -0.4 is 10.2 Å². The Labute approximate surface area is 191 Å². The molecule has 8 heteroatoms. The second-order valence-electron chi connectivity index (χ2n) is 8.68. The number of aryl methyl sites for hydroxylation is 1. The van der Waals surface area contributed by atoms with Crippen LogP contribution in [0.5, 0.6) is 0 Å². The number of likely N-dealkylation sites (tertiary alicyclic amines) is 1. The molecule has 164 valence electrons. The summed E-state index contributed by atoms with van der Waals surface area (Å²) < 4.78 is 0.833. The zero-order chi connectivity index (χ0) is 21.8. The zero-order valence-electron chi connectivity index (χ0n) is 18.4. The topological polar surface area (TPSA) is 72.2 Å². The minimum atomic E-state index is -0.0377. The van der Waals surface area contributed by atoms with E-state index in [1.165, 1.54) is 42.6 Å². The van der Waals surface area contributed by atoms with Crippen LogP contribution in [0.25, 0.3) is 10.9 Å². The molecule has 0 radical (unpaired) electrons. The van der Waals surface area contributed by atoms with Gasteiger partial charge in [0.1, 0.15) is 10.0 Å².